The molecule has 2 aliphatic heterocycles. The van der Waals surface area contributed by atoms with Gasteiger partial charge in [0.1, 0.15) is 10.8 Å². The molecule has 5 rings (SSSR count). The monoisotopic (exact) mass is 483 g/mol. The number of carbonyl (C=O) groups excluding carboxylic acids is 1. The fourth-order valence-corrected chi connectivity index (χ4v) is 5.64. The summed E-state index contributed by atoms with van der Waals surface area (Å²) in [5.74, 6) is -0.522. The molecule has 6 nitrogen and oxygen atoms in total. The first-order chi connectivity index (χ1) is 15.7. The number of likely N-dealkylation sites (N-methyl/N-ethyl adjacent to an activating group) is 1. The van der Waals surface area contributed by atoms with E-state index in [1.54, 1.807) is 6.07 Å². The Morgan fingerprint density at radius 2 is 2.03 bits per heavy atom. The lowest BCUT2D eigenvalue weighted by Gasteiger charge is -2.41. The summed E-state index contributed by atoms with van der Waals surface area (Å²) >= 11 is 7.64. The van der Waals surface area contributed by atoms with Crippen LogP contribution in [0.25, 0.3) is 0 Å². The number of rotatable bonds is 3. The maximum Gasteiger partial charge on any atom is 0.263 e. The largest absolute Gasteiger partial charge is 0.324 e. The van der Waals surface area contributed by atoms with Crippen molar-refractivity contribution >= 4 is 46.6 Å². The third-order valence-electron chi connectivity index (χ3n) is 5.90. The predicted molar refractivity (Wildman–Crippen MR) is 130 cm³/mol. The highest BCUT2D eigenvalue weighted by atomic mass is 35.5. The summed E-state index contributed by atoms with van der Waals surface area (Å²) in [6, 6.07) is 10.7. The number of nitrogens with one attached hydrogen (secondary N) is 1. The van der Waals surface area contributed by atoms with E-state index in [2.05, 4.69) is 39.4 Å². The zero-order valence-corrected chi connectivity index (χ0v) is 20.1. The second-order valence-corrected chi connectivity index (χ2v) is 10.8. The lowest BCUT2D eigenvalue weighted by molar-refractivity contribution is 0.0968. The second-order valence-electron chi connectivity index (χ2n) is 8.77. The molecule has 0 fully saturated rings. The molecule has 0 atom stereocenters. The molecule has 0 spiro atoms. The van der Waals surface area contributed by atoms with Crippen LogP contribution in [0.15, 0.2) is 47.6 Å². The van der Waals surface area contributed by atoms with E-state index >= 15 is 0 Å². The number of thioether (sulfide) groups is 1. The number of hydrogen-bond acceptors (Lipinski definition) is 6. The number of halogens is 2. The molecule has 2 aliphatic rings. The van der Waals surface area contributed by atoms with Crippen molar-refractivity contribution in [2.75, 3.05) is 23.8 Å². The number of benzene rings is 2. The summed E-state index contributed by atoms with van der Waals surface area (Å²) in [4.78, 5) is 25.2. The molecule has 0 saturated heterocycles. The summed E-state index contributed by atoms with van der Waals surface area (Å²) in [6.07, 6.45) is 2.49. The molecule has 0 unspecified atom stereocenters. The van der Waals surface area contributed by atoms with Crippen molar-refractivity contribution in [3.8, 4) is 0 Å². The van der Waals surface area contributed by atoms with Crippen molar-refractivity contribution in [1.82, 2.24) is 14.9 Å². The molecule has 0 saturated carbocycles. The molecule has 0 radical (unpaired) electrons. The fourth-order valence-electron chi connectivity index (χ4n) is 4.27. The van der Waals surface area contributed by atoms with Crippen LogP contribution in [-0.2, 0) is 13.0 Å². The number of hydrogen-bond donors (Lipinski definition) is 1. The van der Waals surface area contributed by atoms with E-state index in [0.29, 0.717) is 16.5 Å². The quantitative estimate of drug-likeness (QED) is 0.497. The summed E-state index contributed by atoms with van der Waals surface area (Å²) in [5.41, 5.74) is 3.94. The molecule has 1 aromatic heterocycles. The minimum absolute atomic E-state index is 0.0641. The van der Waals surface area contributed by atoms with Crippen molar-refractivity contribution in [3.63, 3.8) is 0 Å². The SMILES string of the molecule is CN1CCc2cc(Nc3ncc4c(n3)SC(C)(C)N(c3c(F)cccc3Cl)C4=O)ccc2C1. The van der Waals surface area contributed by atoms with Crippen molar-refractivity contribution in [2.45, 2.75) is 36.7 Å². The molecule has 3 aromatic rings. The van der Waals surface area contributed by atoms with Crippen LogP contribution >= 0.6 is 23.4 Å². The molecule has 2 aromatic carbocycles. The predicted octanol–water partition coefficient (Wildman–Crippen LogP) is 5.49. The van der Waals surface area contributed by atoms with Crippen LogP contribution in [0.2, 0.25) is 5.02 Å². The van der Waals surface area contributed by atoms with Crippen molar-refractivity contribution in [1.29, 1.82) is 0 Å². The lowest BCUT2D eigenvalue weighted by Crippen LogP contribution is -2.49. The van der Waals surface area contributed by atoms with Gasteiger partial charge in [0.15, 0.2) is 0 Å². The number of carbonyl (C=O) groups is 1. The van der Waals surface area contributed by atoms with Gasteiger partial charge in [-0.15, -0.1) is 0 Å². The normalized spacial score (nSPS) is 17.5. The van der Waals surface area contributed by atoms with Gasteiger partial charge in [0.2, 0.25) is 5.95 Å². The highest BCUT2D eigenvalue weighted by Gasteiger charge is 2.43. The van der Waals surface area contributed by atoms with Gasteiger partial charge in [-0.25, -0.2) is 14.4 Å². The van der Waals surface area contributed by atoms with Gasteiger partial charge in [0, 0.05) is 25.0 Å². The Balaban J connectivity index is 1.45. The number of fused-ring (bicyclic) bond motifs is 2. The number of amides is 1. The standard InChI is InChI=1S/C24H23ClFN5OS/c1-24(2)31(20-18(25)5-4-6-19(20)26)22(32)17-12-27-23(29-21(17)33-24)28-16-8-7-15-13-30(3)10-9-14(15)11-16/h4-8,11-12H,9-10,13H2,1-3H3,(H,27,28,29). The first-order valence-corrected chi connectivity index (χ1v) is 11.8. The Morgan fingerprint density at radius 1 is 1.21 bits per heavy atom. The average Bonchev–Trinajstić information content (AvgIpc) is 2.75. The zero-order chi connectivity index (χ0) is 23.3. The molecule has 1 amide bonds. The van der Waals surface area contributed by atoms with Gasteiger partial charge < -0.3 is 10.2 Å². The Morgan fingerprint density at radius 3 is 2.82 bits per heavy atom. The number of aromatic nitrogens is 2. The van der Waals surface area contributed by atoms with Crippen LogP contribution in [0.4, 0.5) is 21.7 Å². The third-order valence-corrected chi connectivity index (χ3v) is 7.39. The van der Waals surface area contributed by atoms with Crippen LogP contribution < -0.4 is 10.2 Å². The van der Waals surface area contributed by atoms with E-state index in [1.165, 1.54) is 46.1 Å². The van der Waals surface area contributed by atoms with Crippen LogP contribution in [-0.4, -0.2) is 39.2 Å². The number of anilines is 3. The second kappa shape index (κ2) is 8.27. The van der Waals surface area contributed by atoms with E-state index in [9.17, 15) is 9.18 Å². The summed E-state index contributed by atoms with van der Waals surface area (Å²) in [6.45, 7) is 5.66. The highest BCUT2D eigenvalue weighted by Crippen LogP contribution is 2.46. The first-order valence-electron chi connectivity index (χ1n) is 10.6. The first kappa shape index (κ1) is 22.1. The summed E-state index contributed by atoms with van der Waals surface area (Å²) in [7, 11) is 2.12. The van der Waals surface area contributed by atoms with Gasteiger partial charge in [0.05, 0.1) is 21.1 Å². The van der Waals surface area contributed by atoms with Crippen LogP contribution in [0, 0.1) is 5.82 Å². The molecule has 1 N–H and O–H groups in total. The molecule has 0 aliphatic carbocycles. The Bertz CT molecular complexity index is 1250. The smallest absolute Gasteiger partial charge is 0.263 e. The topological polar surface area (TPSA) is 61.4 Å². The molecule has 9 heteroatoms. The number of para-hydroxylation sites is 1. The maximum atomic E-state index is 14.6. The van der Waals surface area contributed by atoms with E-state index < -0.39 is 10.7 Å². The average molecular weight is 484 g/mol. The molecule has 170 valence electrons. The minimum Gasteiger partial charge on any atom is -0.324 e. The molecule has 33 heavy (non-hydrogen) atoms. The Labute approximate surface area is 201 Å². The van der Waals surface area contributed by atoms with Gasteiger partial charge in [-0.3, -0.25) is 9.69 Å². The number of nitrogens with zero attached hydrogens (tertiary/aromatic N) is 4. The Kier molecular flexibility index (Phi) is 5.55. The highest BCUT2D eigenvalue weighted by molar-refractivity contribution is 8.00. The molecule has 3 heterocycles. The van der Waals surface area contributed by atoms with E-state index in [0.717, 1.165) is 25.2 Å². The van der Waals surface area contributed by atoms with Gasteiger partial charge in [-0.05, 0) is 62.7 Å². The Hall–Kier alpha value is -2.68. The van der Waals surface area contributed by atoms with E-state index in [4.69, 9.17) is 11.6 Å². The van der Waals surface area contributed by atoms with Crippen molar-refractivity contribution < 1.29 is 9.18 Å². The van der Waals surface area contributed by atoms with Gasteiger partial charge >= 0.3 is 0 Å². The van der Waals surface area contributed by atoms with Gasteiger partial charge in [0.25, 0.3) is 5.91 Å². The van der Waals surface area contributed by atoms with Crippen molar-refractivity contribution in [2.24, 2.45) is 0 Å². The van der Waals surface area contributed by atoms with Crippen LogP contribution in [0.1, 0.15) is 35.3 Å². The van der Waals surface area contributed by atoms with Crippen LogP contribution in [0.5, 0.6) is 0 Å². The van der Waals surface area contributed by atoms with Crippen LogP contribution in [0.3, 0.4) is 0 Å². The molecular weight excluding hydrogens is 461 g/mol. The zero-order valence-electron chi connectivity index (χ0n) is 18.5. The molecule has 0 bridgehead atoms. The lowest BCUT2D eigenvalue weighted by atomic mass is 9.99. The summed E-state index contributed by atoms with van der Waals surface area (Å²) < 4.78 is 14.6. The minimum atomic E-state index is -0.806. The molecular formula is C24H23ClFN5OS. The van der Waals surface area contributed by atoms with E-state index in [-0.39, 0.29) is 16.6 Å². The third kappa shape index (κ3) is 4.07. The summed E-state index contributed by atoms with van der Waals surface area (Å²) in [5, 5.41) is 3.99. The van der Waals surface area contributed by atoms with Gasteiger partial charge in [-0.1, -0.05) is 35.5 Å². The van der Waals surface area contributed by atoms with Gasteiger partial charge in [-0.2, -0.15) is 0 Å². The van der Waals surface area contributed by atoms with Crippen molar-refractivity contribution in [3.05, 3.63) is 70.1 Å². The van der Waals surface area contributed by atoms with E-state index in [1.807, 2.05) is 19.9 Å². The fraction of sp³-hybridized carbons (Fsp3) is 0.292. The maximum absolute atomic E-state index is 14.6.